The number of ketones is 1. The molecule has 0 aliphatic heterocycles. The summed E-state index contributed by atoms with van der Waals surface area (Å²) in [5.74, 6) is 2.36. The topological polar surface area (TPSA) is 17.1 Å². The Labute approximate surface area is 67.5 Å². The van der Waals surface area contributed by atoms with Crippen LogP contribution in [0.1, 0.15) is 26.2 Å². The molecule has 0 amide bonds. The lowest BCUT2D eigenvalue weighted by Crippen LogP contribution is -2.41. The molecular weight excluding hydrogens is 136 g/mol. The normalized spacial score (nSPS) is 41.0. The third kappa shape index (κ3) is 1.03. The minimum absolute atomic E-state index is 0.404. The summed E-state index contributed by atoms with van der Waals surface area (Å²) in [6.45, 7) is 1.74. The summed E-state index contributed by atoms with van der Waals surface area (Å²) in [5, 5.41) is 0. The number of allylic oxidation sites excluding steroid dienone is 2. The first kappa shape index (κ1) is 7.08. The average Bonchev–Trinajstić information content (AvgIpc) is 1.90. The Hall–Kier alpha value is -0.590. The molecule has 0 spiro atoms. The minimum Gasteiger partial charge on any atom is -0.300 e. The second-order valence-electron chi connectivity index (χ2n) is 3.82. The highest BCUT2D eigenvalue weighted by molar-refractivity contribution is 5.79. The van der Waals surface area contributed by atoms with Gasteiger partial charge in [0, 0.05) is 5.92 Å². The summed E-state index contributed by atoms with van der Waals surface area (Å²) in [4.78, 5) is 11.1. The third-order valence-corrected chi connectivity index (χ3v) is 3.21. The first-order valence-corrected chi connectivity index (χ1v) is 4.44. The summed E-state index contributed by atoms with van der Waals surface area (Å²) in [6, 6.07) is 0. The average molecular weight is 150 g/mol. The molecule has 0 aromatic heterocycles. The lowest BCUT2D eigenvalue weighted by molar-refractivity contribution is -0.128. The van der Waals surface area contributed by atoms with Crippen LogP contribution in [0.2, 0.25) is 0 Å². The molecule has 0 radical (unpaired) electrons. The molecule has 3 atom stereocenters. The second-order valence-corrected chi connectivity index (χ2v) is 3.82. The van der Waals surface area contributed by atoms with E-state index in [2.05, 4.69) is 12.2 Å². The van der Waals surface area contributed by atoms with Crippen molar-refractivity contribution in [2.45, 2.75) is 26.2 Å². The van der Waals surface area contributed by atoms with Crippen LogP contribution in [-0.2, 0) is 4.79 Å². The quantitative estimate of drug-likeness (QED) is 0.523. The summed E-state index contributed by atoms with van der Waals surface area (Å²) in [6.07, 6.45) is 8.02. The van der Waals surface area contributed by atoms with E-state index in [-0.39, 0.29) is 0 Å². The largest absolute Gasteiger partial charge is 0.300 e. The fraction of sp³-hybridized carbons (Fsp3) is 0.700. The fourth-order valence-corrected chi connectivity index (χ4v) is 2.43. The molecule has 0 bridgehead atoms. The first-order chi connectivity index (χ1) is 5.29. The minimum atomic E-state index is 0.404. The van der Waals surface area contributed by atoms with Gasteiger partial charge in [-0.05, 0) is 38.0 Å². The Morgan fingerprint density at radius 1 is 1.36 bits per heavy atom. The summed E-state index contributed by atoms with van der Waals surface area (Å²) in [7, 11) is 0. The van der Waals surface area contributed by atoms with Gasteiger partial charge in [0.2, 0.25) is 0 Å². The van der Waals surface area contributed by atoms with Gasteiger partial charge in [0.15, 0.2) is 0 Å². The van der Waals surface area contributed by atoms with Crippen molar-refractivity contribution in [1.29, 1.82) is 0 Å². The van der Waals surface area contributed by atoms with Gasteiger partial charge in [0.25, 0.3) is 0 Å². The van der Waals surface area contributed by atoms with Gasteiger partial charge < -0.3 is 0 Å². The van der Waals surface area contributed by atoms with Gasteiger partial charge >= 0.3 is 0 Å². The molecule has 1 fully saturated rings. The highest BCUT2D eigenvalue weighted by Crippen LogP contribution is 2.47. The van der Waals surface area contributed by atoms with Gasteiger partial charge in [-0.25, -0.2) is 0 Å². The van der Waals surface area contributed by atoms with Crippen LogP contribution in [0.3, 0.4) is 0 Å². The number of Topliss-reactive ketones (excluding diaryl/α,β-unsaturated/α-hetero) is 1. The molecule has 2 aliphatic carbocycles. The zero-order valence-electron chi connectivity index (χ0n) is 6.92. The fourth-order valence-electron chi connectivity index (χ4n) is 2.43. The highest BCUT2D eigenvalue weighted by atomic mass is 16.1. The van der Waals surface area contributed by atoms with Crippen molar-refractivity contribution in [2.75, 3.05) is 0 Å². The zero-order valence-corrected chi connectivity index (χ0v) is 6.92. The molecule has 2 rings (SSSR count). The number of hydrogen-bond donors (Lipinski definition) is 0. The van der Waals surface area contributed by atoms with Crippen LogP contribution in [-0.4, -0.2) is 5.78 Å². The third-order valence-electron chi connectivity index (χ3n) is 3.21. The molecular formula is C10H14O. The van der Waals surface area contributed by atoms with Gasteiger partial charge in [-0.3, -0.25) is 4.79 Å². The van der Waals surface area contributed by atoms with E-state index in [4.69, 9.17) is 0 Å². The summed E-state index contributed by atoms with van der Waals surface area (Å²) >= 11 is 0. The van der Waals surface area contributed by atoms with Crippen LogP contribution in [0.25, 0.3) is 0 Å². The van der Waals surface area contributed by atoms with Crippen LogP contribution >= 0.6 is 0 Å². The standard InChI is InChI=1S/C10H14O/c1-7(11)10-6-8-4-2-3-5-9(8)10/h2-3,8-10H,4-6H2,1H3/t8-,9-,10+/m0/s1. The monoisotopic (exact) mass is 150 g/mol. The van der Waals surface area contributed by atoms with E-state index in [0.29, 0.717) is 17.6 Å². The van der Waals surface area contributed by atoms with Crippen LogP contribution < -0.4 is 0 Å². The smallest absolute Gasteiger partial charge is 0.133 e. The van der Waals surface area contributed by atoms with Crippen molar-refractivity contribution in [2.24, 2.45) is 17.8 Å². The molecule has 0 heterocycles. The molecule has 11 heavy (non-hydrogen) atoms. The Morgan fingerprint density at radius 2 is 2.09 bits per heavy atom. The van der Waals surface area contributed by atoms with Gasteiger partial charge in [-0.2, -0.15) is 0 Å². The van der Waals surface area contributed by atoms with Crippen molar-refractivity contribution in [3.05, 3.63) is 12.2 Å². The van der Waals surface area contributed by atoms with Crippen molar-refractivity contribution >= 4 is 5.78 Å². The maximum Gasteiger partial charge on any atom is 0.133 e. The van der Waals surface area contributed by atoms with Gasteiger partial charge in [0.05, 0.1) is 0 Å². The zero-order chi connectivity index (χ0) is 7.84. The van der Waals surface area contributed by atoms with Crippen LogP contribution in [0.15, 0.2) is 12.2 Å². The molecule has 2 aliphatic rings. The second kappa shape index (κ2) is 2.47. The maximum atomic E-state index is 11.1. The Bertz CT molecular complexity index is 205. The molecule has 0 aromatic rings. The number of carbonyl (C=O) groups is 1. The van der Waals surface area contributed by atoms with Crippen molar-refractivity contribution < 1.29 is 4.79 Å². The van der Waals surface area contributed by atoms with Gasteiger partial charge in [-0.1, -0.05) is 12.2 Å². The lowest BCUT2D eigenvalue weighted by atomic mass is 9.59. The molecule has 1 heteroatoms. The first-order valence-electron chi connectivity index (χ1n) is 4.44. The molecule has 0 unspecified atom stereocenters. The van der Waals surface area contributed by atoms with Crippen molar-refractivity contribution in [3.63, 3.8) is 0 Å². The van der Waals surface area contributed by atoms with Crippen molar-refractivity contribution in [3.8, 4) is 0 Å². The number of carbonyl (C=O) groups excluding carboxylic acids is 1. The van der Waals surface area contributed by atoms with E-state index in [0.717, 1.165) is 18.8 Å². The van der Waals surface area contributed by atoms with E-state index < -0.39 is 0 Å². The molecule has 0 aromatic carbocycles. The molecule has 0 saturated heterocycles. The van der Waals surface area contributed by atoms with E-state index in [1.54, 1.807) is 6.92 Å². The maximum absolute atomic E-state index is 11.1. The summed E-state index contributed by atoms with van der Waals surface area (Å²) in [5.41, 5.74) is 0. The van der Waals surface area contributed by atoms with Gasteiger partial charge in [0.1, 0.15) is 5.78 Å². The van der Waals surface area contributed by atoms with E-state index in [1.807, 2.05) is 0 Å². The molecule has 0 N–H and O–H groups in total. The predicted octanol–water partition coefficient (Wildman–Crippen LogP) is 2.18. The van der Waals surface area contributed by atoms with E-state index in [1.165, 1.54) is 6.42 Å². The Kier molecular flexibility index (Phi) is 1.59. The van der Waals surface area contributed by atoms with Crippen molar-refractivity contribution in [1.82, 2.24) is 0 Å². The van der Waals surface area contributed by atoms with E-state index in [9.17, 15) is 4.79 Å². The predicted molar refractivity (Wildman–Crippen MR) is 44.1 cm³/mol. The highest BCUT2D eigenvalue weighted by Gasteiger charge is 2.42. The molecule has 1 saturated carbocycles. The number of rotatable bonds is 1. The lowest BCUT2D eigenvalue weighted by Gasteiger charge is -2.44. The number of fused-ring (bicyclic) bond motifs is 1. The van der Waals surface area contributed by atoms with Crippen LogP contribution in [0.4, 0.5) is 0 Å². The Morgan fingerprint density at radius 3 is 2.73 bits per heavy atom. The van der Waals surface area contributed by atoms with Crippen LogP contribution in [0.5, 0.6) is 0 Å². The van der Waals surface area contributed by atoms with E-state index >= 15 is 0 Å². The van der Waals surface area contributed by atoms with Gasteiger partial charge in [-0.15, -0.1) is 0 Å². The Balaban J connectivity index is 2.03. The summed E-state index contributed by atoms with van der Waals surface area (Å²) < 4.78 is 0. The SMILES string of the molecule is CC(=O)[C@H]1C[C@@H]2CC=CC[C@@H]21. The van der Waals surface area contributed by atoms with Crippen LogP contribution in [0, 0.1) is 17.8 Å². The molecule has 60 valence electrons. The number of hydrogen-bond acceptors (Lipinski definition) is 1. The molecule has 1 nitrogen and oxygen atoms in total.